The molecule has 0 saturated carbocycles. The maximum Gasteiger partial charge on any atom is 0.337 e. The van der Waals surface area contributed by atoms with Crippen LogP contribution in [0.4, 0.5) is 0 Å². The van der Waals surface area contributed by atoms with Crippen molar-refractivity contribution >= 4 is 17.9 Å². The van der Waals surface area contributed by atoms with Crippen molar-refractivity contribution in [3.05, 3.63) is 88.6 Å². The number of carbonyl (C=O) groups excluding carboxylic acids is 1. The van der Waals surface area contributed by atoms with Gasteiger partial charge in [-0.05, 0) is 48.0 Å². The average Bonchev–Trinajstić information content (AvgIpc) is 3.08. The first-order valence-electron chi connectivity index (χ1n) is 8.11. The highest BCUT2D eigenvalue weighted by Gasteiger charge is 2.07. The number of carbonyl (C=O) groups is 1. The molecule has 0 amide bonds. The van der Waals surface area contributed by atoms with E-state index >= 15 is 0 Å². The zero-order valence-corrected chi connectivity index (χ0v) is 14.6. The van der Waals surface area contributed by atoms with Crippen molar-refractivity contribution in [3.8, 4) is 11.4 Å². The molecule has 0 radical (unpaired) electrons. The van der Waals surface area contributed by atoms with E-state index in [1.807, 2.05) is 0 Å². The van der Waals surface area contributed by atoms with E-state index in [9.17, 15) is 9.59 Å². The molecule has 136 valence electrons. The van der Waals surface area contributed by atoms with Gasteiger partial charge >= 0.3 is 11.7 Å². The molecule has 0 fully saturated rings. The molecule has 0 aliphatic carbocycles. The molecule has 0 aliphatic rings. The highest BCUT2D eigenvalue weighted by atomic mass is 16.5. The van der Waals surface area contributed by atoms with Crippen molar-refractivity contribution in [2.24, 2.45) is 5.73 Å². The molecule has 0 bridgehead atoms. The van der Waals surface area contributed by atoms with Gasteiger partial charge in [0.2, 0.25) is 0 Å². The molecule has 7 heteroatoms. The number of amidine groups is 1. The zero-order valence-electron chi connectivity index (χ0n) is 14.6. The summed E-state index contributed by atoms with van der Waals surface area (Å²) in [6.07, 6.45) is 6.33. The zero-order chi connectivity index (χ0) is 19.4. The number of rotatable bonds is 5. The van der Waals surface area contributed by atoms with E-state index in [2.05, 4.69) is 4.74 Å². The van der Waals surface area contributed by atoms with Crippen LogP contribution < -0.4 is 11.4 Å². The fourth-order valence-electron chi connectivity index (χ4n) is 2.55. The summed E-state index contributed by atoms with van der Waals surface area (Å²) in [6, 6.07) is 14.1. The van der Waals surface area contributed by atoms with Crippen LogP contribution in [0.1, 0.15) is 11.1 Å². The number of nitrogens with two attached hydrogens (primary N) is 1. The number of aromatic nitrogens is 2. The summed E-state index contributed by atoms with van der Waals surface area (Å²) in [7, 11) is 1.32. The molecule has 1 aromatic heterocycles. The molecule has 0 unspecified atom stereocenters. The van der Waals surface area contributed by atoms with Crippen molar-refractivity contribution in [3.63, 3.8) is 0 Å². The Hall–Kier alpha value is -3.87. The molecule has 1 heterocycles. The SMILES string of the molecule is COC(=O)C=Cc1ccc(-n2ccn(-c3ccc(C(=N)N)cc3)c2=O)cc1. The van der Waals surface area contributed by atoms with Crippen molar-refractivity contribution in [1.82, 2.24) is 9.13 Å². The van der Waals surface area contributed by atoms with Crippen LogP contribution in [0.2, 0.25) is 0 Å². The number of nitrogens with one attached hydrogen (secondary N) is 1. The lowest BCUT2D eigenvalue weighted by Gasteiger charge is -2.04. The van der Waals surface area contributed by atoms with E-state index in [4.69, 9.17) is 11.1 Å². The van der Waals surface area contributed by atoms with Crippen LogP contribution in [-0.4, -0.2) is 28.0 Å². The Bertz CT molecular complexity index is 1060. The predicted octanol–water partition coefficient (Wildman–Crippen LogP) is 2.10. The van der Waals surface area contributed by atoms with Crippen LogP contribution in [0.25, 0.3) is 17.5 Å². The molecule has 2 aromatic carbocycles. The van der Waals surface area contributed by atoms with Gasteiger partial charge in [0.15, 0.2) is 0 Å². The summed E-state index contributed by atoms with van der Waals surface area (Å²) in [5.74, 6) is -0.448. The molecule has 0 spiro atoms. The molecule has 0 aliphatic heterocycles. The fraction of sp³-hybridized carbons (Fsp3) is 0.0500. The third-order valence-electron chi connectivity index (χ3n) is 4.02. The third-order valence-corrected chi connectivity index (χ3v) is 4.02. The van der Waals surface area contributed by atoms with Crippen molar-refractivity contribution < 1.29 is 9.53 Å². The molecule has 3 rings (SSSR count). The van der Waals surface area contributed by atoms with E-state index in [0.717, 1.165) is 5.56 Å². The Morgan fingerprint density at radius 3 is 2.00 bits per heavy atom. The molecular weight excluding hydrogens is 344 g/mol. The number of hydrogen-bond acceptors (Lipinski definition) is 4. The van der Waals surface area contributed by atoms with Gasteiger partial charge in [0.25, 0.3) is 0 Å². The minimum atomic E-state index is -0.428. The summed E-state index contributed by atoms with van der Waals surface area (Å²) in [5.41, 5.74) is 8.03. The van der Waals surface area contributed by atoms with Crippen LogP contribution in [0.5, 0.6) is 0 Å². The molecule has 3 N–H and O–H groups in total. The number of ether oxygens (including phenoxy) is 1. The van der Waals surface area contributed by atoms with Gasteiger partial charge in [-0.25, -0.2) is 9.59 Å². The molecular formula is C20H18N4O3. The topological polar surface area (TPSA) is 103 Å². The summed E-state index contributed by atoms with van der Waals surface area (Å²) in [5, 5.41) is 7.43. The number of imidazole rings is 1. The Balaban J connectivity index is 1.87. The number of methoxy groups -OCH3 is 1. The lowest BCUT2D eigenvalue weighted by Crippen LogP contribution is -2.21. The second kappa shape index (κ2) is 7.57. The highest BCUT2D eigenvalue weighted by molar-refractivity contribution is 5.95. The van der Waals surface area contributed by atoms with E-state index in [1.54, 1.807) is 67.0 Å². The van der Waals surface area contributed by atoms with Crippen LogP contribution >= 0.6 is 0 Å². The van der Waals surface area contributed by atoms with Crippen molar-refractivity contribution in [2.45, 2.75) is 0 Å². The second-order valence-corrected chi connectivity index (χ2v) is 5.73. The molecule has 27 heavy (non-hydrogen) atoms. The maximum atomic E-state index is 12.7. The first kappa shape index (κ1) is 17.9. The molecule has 3 aromatic rings. The largest absolute Gasteiger partial charge is 0.466 e. The number of benzene rings is 2. The van der Waals surface area contributed by atoms with Gasteiger partial charge in [-0.1, -0.05) is 12.1 Å². The number of nitrogen functional groups attached to an aromatic ring is 1. The van der Waals surface area contributed by atoms with Crippen LogP contribution in [0.15, 0.2) is 71.8 Å². The van der Waals surface area contributed by atoms with E-state index in [-0.39, 0.29) is 11.5 Å². The van der Waals surface area contributed by atoms with Gasteiger partial charge in [0.05, 0.1) is 18.5 Å². The standard InChI is InChI=1S/C20H18N4O3/c1-27-18(25)11-4-14-2-7-16(8-3-14)23-12-13-24(20(23)26)17-9-5-15(6-10-17)19(21)22/h2-13H,1H3,(H3,21,22). The summed E-state index contributed by atoms with van der Waals surface area (Å²) >= 11 is 0. The maximum absolute atomic E-state index is 12.7. The summed E-state index contributed by atoms with van der Waals surface area (Å²) in [4.78, 5) is 23.8. The Morgan fingerprint density at radius 1 is 1.00 bits per heavy atom. The smallest absolute Gasteiger partial charge is 0.337 e. The van der Waals surface area contributed by atoms with Crippen LogP contribution in [0, 0.1) is 5.41 Å². The number of hydrogen-bond donors (Lipinski definition) is 2. The van der Waals surface area contributed by atoms with Gasteiger partial charge in [-0.2, -0.15) is 0 Å². The quantitative estimate of drug-likeness (QED) is 0.314. The van der Waals surface area contributed by atoms with Crippen LogP contribution in [0.3, 0.4) is 0 Å². The van der Waals surface area contributed by atoms with Gasteiger partial charge in [0, 0.05) is 24.0 Å². The Kier molecular flexibility index (Phi) is 5.03. The second-order valence-electron chi connectivity index (χ2n) is 5.73. The Morgan fingerprint density at radius 2 is 1.52 bits per heavy atom. The van der Waals surface area contributed by atoms with Gasteiger partial charge < -0.3 is 10.5 Å². The predicted molar refractivity (Wildman–Crippen MR) is 103 cm³/mol. The van der Waals surface area contributed by atoms with Crippen molar-refractivity contribution in [1.29, 1.82) is 5.41 Å². The first-order valence-corrected chi connectivity index (χ1v) is 8.11. The summed E-state index contributed by atoms with van der Waals surface area (Å²) in [6.45, 7) is 0. The first-order chi connectivity index (χ1) is 13.0. The highest BCUT2D eigenvalue weighted by Crippen LogP contribution is 2.12. The lowest BCUT2D eigenvalue weighted by atomic mass is 10.2. The van der Waals surface area contributed by atoms with Crippen molar-refractivity contribution in [2.75, 3.05) is 7.11 Å². The Labute approximate surface area is 155 Å². The monoisotopic (exact) mass is 362 g/mol. The van der Waals surface area contributed by atoms with Gasteiger partial charge in [-0.3, -0.25) is 14.5 Å². The number of nitrogens with zero attached hydrogens (tertiary/aromatic N) is 2. The third kappa shape index (κ3) is 3.87. The fourth-order valence-corrected chi connectivity index (χ4v) is 2.55. The average molecular weight is 362 g/mol. The molecule has 7 nitrogen and oxygen atoms in total. The lowest BCUT2D eigenvalue weighted by molar-refractivity contribution is -0.134. The summed E-state index contributed by atoms with van der Waals surface area (Å²) < 4.78 is 7.58. The van der Waals surface area contributed by atoms with Gasteiger partial charge in [-0.15, -0.1) is 0 Å². The molecule has 0 atom stereocenters. The van der Waals surface area contributed by atoms with Gasteiger partial charge in [0.1, 0.15) is 5.84 Å². The minimum absolute atomic E-state index is 0.0206. The normalized spacial score (nSPS) is 10.9. The van der Waals surface area contributed by atoms with Crippen LogP contribution in [-0.2, 0) is 9.53 Å². The van der Waals surface area contributed by atoms with E-state index < -0.39 is 5.97 Å². The number of esters is 1. The molecule has 0 saturated heterocycles. The van der Waals surface area contributed by atoms with E-state index in [1.165, 1.54) is 22.3 Å². The van der Waals surface area contributed by atoms with E-state index in [0.29, 0.717) is 16.9 Å². The minimum Gasteiger partial charge on any atom is -0.466 e.